The van der Waals surface area contributed by atoms with Crippen molar-refractivity contribution in [1.29, 1.82) is 0 Å². The molecule has 15 heavy (non-hydrogen) atoms. The Labute approximate surface area is 90.5 Å². The van der Waals surface area contributed by atoms with E-state index in [2.05, 4.69) is 14.9 Å². The number of nitrogens with two attached hydrogens (primary N) is 1. The fourth-order valence-electron chi connectivity index (χ4n) is 2.12. The molecule has 0 saturated carbocycles. The Morgan fingerprint density at radius 1 is 1.27 bits per heavy atom. The lowest BCUT2D eigenvalue weighted by atomic mass is 9.96. The number of rotatable bonds is 3. The maximum absolute atomic E-state index is 5.54. The molecule has 1 fully saturated rings. The normalized spacial score (nSPS) is 19.3. The van der Waals surface area contributed by atoms with Crippen LogP contribution < -0.4 is 5.73 Å². The van der Waals surface area contributed by atoms with Crippen molar-refractivity contribution in [3.05, 3.63) is 24.3 Å². The third-order valence-electron chi connectivity index (χ3n) is 2.98. The first-order valence-electron chi connectivity index (χ1n) is 5.59. The van der Waals surface area contributed by atoms with Gasteiger partial charge in [0.2, 0.25) is 0 Å². The van der Waals surface area contributed by atoms with Crippen molar-refractivity contribution in [1.82, 2.24) is 14.9 Å². The van der Waals surface area contributed by atoms with E-state index in [1.165, 1.54) is 0 Å². The average Bonchev–Trinajstić information content (AvgIpc) is 2.32. The van der Waals surface area contributed by atoms with Crippen molar-refractivity contribution in [2.75, 3.05) is 26.2 Å². The summed E-state index contributed by atoms with van der Waals surface area (Å²) in [7, 11) is 0. The topological polar surface area (TPSA) is 55.0 Å². The van der Waals surface area contributed by atoms with Gasteiger partial charge in [-0.25, -0.2) is 9.97 Å². The van der Waals surface area contributed by atoms with Crippen molar-refractivity contribution in [2.45, 2.75) is 18.8 Å². The van der Waals surface area contributed by atoms with E-state index in [0.717, 1.165) is 44.8 Å². The summed E-state index contributed by atoms with van der Waals surface area (Å²) in [6.45, 7) is 4.02. The predicted molar refractivity (Wildman–Crippen MR) is 59.5 cm³/mol. The molecule has 2 heterocycles. The van der Waals surface area contributed by atoms with Crippen LogP contribution in [0.25, 0.3) is 0 Å². The highest BCUT2D eigenvalue weighted by molar-refractivity contribution is 4.99. The molecule has 4 heteroatoms. The van der Waals surface area contributed by atoms with Gasteiger partial charge in [0.05, 0.1) is 0 Å². The van der Waals surface area contributed by atoms with E-state index in [9.17, 15) is 0 Å². The molecule has 82 valence electrons. The molecular weight excluding hydrogens is 188 g/mol. The predicted octanol–water partition coefficient (Wildman–Crippen LogP) is 0.615. The summed E-state index contributed by atoms with van der Waals surface area (Å²) in [4.78, 5) is 11.1. The number of aromatic nitrogens is 2. The Bertz CT molecular complexity index is 280. The van der Waals surface area contributed by atoms with Gasteiger partial charge in [0.1, 0.15) is 5.82 Å². The highest BCUT2D eigenvalue weighted by Crippen LogP contribution is 2.24. The van der Waals surface area contributed by atoms with Crippen LogP contribution >= 0.6 is 0 Å². The van der Waals surface area contributed by atoms with Gasteiger partial charge >= 0.3 is 0 Å². The van der Waals surface area contributed by atoms with Gasteiger partial charge in [-0.15, -0.1) is 0 Å². The number of nitrogens with zero attached hydrogens (tertiary/aromatic N) is 3. The van der Waals surface area contributed by atoms with Crippen LogP contribution in [0.1, 0.15) is 24.6 Å². The maximum Gasteiger partial charge on any atom is 0.131 e. The molecular formula is C11H18N4. The van der Waals surface area contributed by atoms with Gasteiger partial charge < -0.3 is 10.6 Å². The van der Waals surface area contributed by atoms with Gasteiger partial charge in [-0.2, -0.15) is 0 Å². The highest BCUT2D eigenvalue weighted by atomic mass is 15.1. The SMILES string of the molecule is NCCN1CCC(c2ncccn2)CC1. The second-order valence-electron chi connectivity index (χ2n) is 4.01. The van der Waals surface area contributed by atoms with Crippen LogP contribution in [0, 0.1) is 0 Å². The molecule has 1 saturated heterocycles. The van der Waals surface area contributed by atoms with E-state index < -0.39 is 0 Å². The first kappa shape index (κ1) is 10.5. The lowest BCUT2D eigenvalue weighted by molar-refractivity contribution is 0.214. The smallest absolute Gasteiger partial charge is 0.131 e. The Morgan fingerprint density at radius 2 is 1.93 bits per heavy atom. The molecule has 0 bridgehead atoms. The number of likely N-dealkylation sites (tertiary alicyclic amines) is 1. The molecule has 1 aromatic heterocycles. The molecule has 0 radical (unpaired) electrons. The molecule has 2 rings (SSSR count). The summed E-state index contributed by atoms with van der Waals surface area (Å²) in [6, 6.07) is 1.87. The number of hydrogen-bond donors (Lipinski definition) is 1. The standard InChI is InChI=1S/C11H18N4/c12-4-9-15-7-2-10(3-8-15)11-13-5-1-6-14-11/h1,5-6,10H,2-4,7-9,12H2. The third kappa shape index (κ3) is 2.73. The summed E-state index contributed by atoms with van der Waals surface area (Å²) in [5, 5.41) is 0. The molecule has 0 atom stereocenters. The third-order valence-corrected chi connectivity index (χ3v) is 2.98. The Morgan fingerprint density at radius 3 is 2.53 bits per heavy atom. The van der Waals surface area contributed by atoms with Gasteiger partial charge in [0.25, 0.3) is 0 Å². The van der Waals surface area contributed by atoms with Gasteiger partial charge in [0.15, 0.2) is 0 Å². The molecule has 1 aliphatic rings. The zero-order valence-electron chi connectivity index (χ0n) is 8.97. The molecule has 0 aromatic carbocycles. The molecule has 4 nitrogen and oxygen atoms in total. The second-order valence-corrected chi connectivity index (χ2v) is 4.01. The summed E-state index contributed by atoms with van der Waals surface area (Å²) >= 11 is 0. The zero-order chi connectivity index (χ0) is 10.5. The summed E-state index contributed by atoms with van der Waals surface area (Å²) in [6.07, 6.45) is 5.97. The van der Waals surface area contributed by atoms with E-state index in [1.54, 1.807) is 0 Å². The first-order chi connectivity index (χ1) is 7.40. The van der Waals surface area contributed by atoms with Gasteiger partial charge in [-0.05, 0) is 32.0 Å². The number of hydrogen-bond acceptors (Lipinski definition) is 4. The molecule has 1 aromatic rings. The lowest BCUT2D eigenvalue weighted by Crippen LogP contribution is -2.36. The van der Waals surface area contributed by atoms with Crippen LogP contribution in [0.4, 0.5) is 0 Å². The van der Waals surface area contributed by atoms with Gasteiger partial charge in [-0.1, -0.05) is 0 Å². The van der Waals surface area contributed by atoms with Crippen molar-refractivity contribution in [2.24, 2.45) is 5.73 Å². The first-order valence-corrected chi connectivity index (χ1v) is 5.59. The molecule has 0 amide bonds. The maximum atomic E-state index is 5.54. The minimum Gasteiger partial charge on any atom is -0.329 e. The largest absolute Gasteiger partial charge is 0.329 e. The Balaban J connectivity index is 1.88. The fraction of sp³-hybridized carbons (Fsp3) is 0.636. The van der Waals surface area contributed by atoms with Crippen LogP contribution in [0.3, 0.4) is 0 Å². The van der Waals surface area contributed by atoms with E-state index in [1.807, 2.05) is 18.5 Å². The summed E-state index contributed by atoms with van der Waals surface area (Å²) < 4.78 is 0. The lowest BCUT2D eigenvalue weighted by Gasteiger charge is -2.30. The van der Waals surface area contributed by atoms with Crippen molar-refractivity contribution >= 4 is 0 Å². The zero-order valence-corrected chi connectivity index (χ0v) is 8.97. The fourth-order valence-corrected chi connectivity index (χ4v) is 2.12. The molecule has 2 N–H and O–H groups in total. The van der Waals surface area contributed by atoms with Crippen LogP contribution in [0.2, 0.25) is 0 Å². The quantitative estimate of drug-likeness (QED) is 0.787. The van der Waals surface area contributed by atoms with E-state index >= 15 is 0 Å². The van der Waals surface area contributed by atoms with Crippen LogP contribution in [0.15, 0.2) is 18.5 Å². The van der Waals surface area contributed by atoms with Crippen LogP contribution in [-0.4, -0.2) is 41.0 Å². The highest BCUT2D eigenvalue weighted by Gasteiger charge is 2.21. The van der Waals surface area contributed by atoms with Gasteiger partial charge in [-0.3, -0.25) is 0 Å². The Hall–Kier alpha value is -1.00. The summed E-state index contributed by atoms with van der Waals surface area (Å²) in [5.41, 5.74) is 5.54. The van der Waals surface area contributed by atoms with Crippen LogP contribution in [0.5, 0.6) is 0 Å². The monoisotopic (exact) mass is 206 g/mol. The molecule has 0 aliphatic carbocycles. The molecule has 0 unspecified atom stereocenters. The van der Waals surface area contributed by atoms with Crippen molar-refractivity contribution < 1.29 is 0 Å². The average molecular weight is 206 g/mol. The van der Waals surface area contributed by atoms with Crippen molar-refractivity contribution in [3.63, 3.8) is 0 Å². The van der Waals surface area contributed by atoms with E-state index in [-0.39, 0.29) is 0 Å². The van der Waals surface area contributed by atoms with E-state index in [0.29, 0.717) is 5.92 Å². The second kappa shape index (κ2) is 5.19. The molecule has 1 aliphatic heterocycles. The van der Waals surface area contributed by atoms with Gasteiger partial charge in [0, 0.05) is 31.4 Å². The van der Waals surface area contributed by atoms with Crippen molar-refractivity contribution in [3.8, 4) is 0 Å². The minimum atomic E-state index is 0.542. The number of piperidine rings is 1. The minimum absolute atomic E-state index is 0.542. The Kier molecular flexibility index (Phi) is 3.64. The van der Waals surface area contributed by atoms with E-state index in [4.69, 9.17) is 5.73 Å². The molecule has 0 spiro atoms. The van der Waals surface area contributed by atoms with Crippen LogP contribution in [-0.2, 0) is 0 Å². The summed E-state index contributed by atoms with van der Waals surface area (Å²) in [5.74, 6) is 1.55.